The maximum Gasteiger partial charge on any atom is 0.160 e. The van der Waals surface area contributed by atoms with Crippen LogP contribution in [0.3, 0.4) is 0 Å². The van der Waals surface area contributed by atoms with Crippen LogP contribution in [0.2, 0.25) is 0 Å². The molecular formula is C60H38N4. The van der Waals surface area contributed by atoms with Crippen LogP contribution in [0.4, 0.5) is 0 Å². The van der Waals surface area contributed by atoms with Crippen LogP contribution < -0.4 is 0 Å². The molecule has 12 aromatic rings. The van der Waals surface area contributed by atoms with Gasteiger partial charge in [0.1, 0.15) is 0 Å². The van der Waals surface area contributed by atoms with Crippen LogP contribution in [0.5, 0.6) is 0 Å². The summed E-state index contributed by atoms with van der Waals surface area (Å²) < 4.78 is 0. The zero-order chi connectivity index (χ0) is 42.4. The second kappa shape index (κ2) is 15.7. The molecule has 0 fully saturated rings. The Kier molecular flexibility index (Phi) is 9.12. The Balaban J connectivity index is 1.05. The Morgan fingerprint density at radius 1 is 0.203 bits per heavy atom. The smallest absolute Gasteiger partial charge is 0.160 e. The van der Waals surface area contributed by atoms with Gasteiger partial charge < -0.3 is 0 Å². The third-order valence-corrected chi connectivity index (χ3v) is 12.3. The lowest BCUT2D eigenvalue weighted by Gasteiger charge is -2.14. The van der Waals surface area contributed by atoms with Crippen LogP contribution in [0, 0.1) is 0 Å². The second-order valence-electron chi connectivity index (χ2n) is 16.4. The van der Waals surface area contributed by atoms with Gasteiger partial charge in [-0.25, -0.2) is 9.97 Å². The summed E-state index contributed by atoms with van der Waals surface area (Å²) >= 11 is 0. The molecule has 0 aliphatic carbocycles. The van der Waals surface area contributed by atoms with Gasteiger partial charge in [0, 0.05) is 40.2 Å². The van der Waals surface area contributed by atoms with Crippen molar-refractivity contribution >= 4 is 43.1 Å². The van der Waals surface area contributed by atoms with E-state index in [1.807, 2.05) is 42.7 Å². The molecule has 3 heterocycles. The van der Waals surface area contributed by atoms with E-state index in [0.717, 1.165) is 72.8 Å². The van der Waals surface area contributed by atoms with E-state index in [-0.39, 0.29) is 0 Å². The van der Waals surface area contributed by atoms with Crippen molar-refractivity contribution in [3.63, 3.8) is 0 Å². The fourth-order valence-corrected chi connectivity index (χ4v) is 8.92. The summed E-state index contributed by atoms with van der Waals surface area (Å²) in [6.07, 6.45) is 3.67. The third-order valence-electron chi connectivity index (χ3n) is 12.3. The zero-order valence-electron chi connectivity index (χ0n) is 34.7. The lowest BCUT2D eigenvalue weighted by Crippen LogP contribution is -1.97. The van der Waals surface area contributed by atoms with Gasteiger partial charge >= 0.3 is 0 Å². The highest BCUT2D eigenvalue weighted by molar-refractivity contribution is 6.01. The van der Waals surface area contributed by atoms with E-state index in [1.54, 1.807) is 0 Å². The number of hydrogen-bond donors (Lipinski definition) is 0. The average molecular weight is 815 g/mol. The summed E-state index contributed by atoms with van der Waals surface area (Å²) in [6.45, 7) is 0. The minimum Gasteiger partial charge on any atom is -0.256 e. The molecule has 9 aromatic carbocycles. The molecule has 0 unspecified atom stereocenters. The molecule has 3 aromatic heterocycles. The monoisotopic (exact) mass is 814 g/mol. The lowest BCUT2D eigenvalue weighted by molar-refractivity contribution is 1.18. The molecule has 0 amide bonds. The Morgan fingerprint density at radius 3 is 1.16 bits per heavy atom. The molecule has 0 aliphatic heterocycles. The third kappa shape index (κ3) is 7.13. The number of pyridine rings is 2. The largest absolute Gasteiger partial charge is 0.256 e. The summed E-state index contributed by atoms with van der Waals surface area (Å²) in [5.41, 5.74) is 13.0. The minimum atomic E-state index is 0.652. The molecule has 0 saturated carbocycles. The first-order valence-electron chi connectivity index (χ1n) is 21.6. The molecule has 0 atom stereocenters. The quantitative estimate of drug-likeness (QED) is 0.150. The van der Waals surface area contributed by atoms with Gasteiger partial charge in [-0.15, -0.1) is 0 Å². The van der Waals surface area contributed by atoms with Crippen LogP contribution in [0.1, 0.15) is 0 Å². The van der Waals surface area contributed by atoms with Crippen molar-refractivity contribution in [2.24, 2.45) is 0 Å². The first-order valence-corrected chi connectivity index (χ1v) is 21.6. The molecule has 0 N–H and O–H groups in total. The molecule has 4 nitrogen and oxygen atoms in total. The maximum atomic E-state index is 5.43. The van der Waals surface area contributed by atoms with E-state index in [4.69, 9.17) is 9.97 Å². The first kappa shape index (κ1) is 37.2. The highest BCUT2D eigenvalue weighted by atomic mass is 14.9. The maximum absolute atomic E-state index is 5.43. The number of hydrogen-bond acceptors (Lipinski definition) is 4. The van der Waals surface area contributed by atoms with Crippen molar-refractivity contribution < 1.29 is 0 Å². The molecule has 0 bridgehead atoms. The molecule has 4 heteroatoms. The van der Waals surface area contributed by atoms with E-state index in [2.05, 4.69) is 198 Å². The second-order valence-corrected chi connectivity index (χ2v) is 16.4. The summed E-state index contributed by atoms with van der Waals surface area (Å²) in [7, 11) is 0. The Hall–Kier alpha value is -8.60. The minimum absolute atomic E-state index is 0.652. The van der Waals surface area contributed by atoms with Gasteiger partial charge in [0.15, 0.2) is 5.82 Å². The zero-order valence-corrected chi connectivity index (χ0v) is 34.7. The number of aromatic nitrogens is 4. The van der Waals surface area contributed by atoms with Gasteiger partial charge in [-0.2, -0.15) is 0 Å². The molecule has 12 rings (SSSR count). The predicted molar refractivity (Wildman–Crippen MR) is 266 cm³/mol. The van der Waals surface area contributed by atoms with Crippen molar-refractivity contribution in [3.05, 3.63) is 231 Å². The number of rotatable bonds is 7. The predicted octanol–water partition coefficient (Wildman–Crippen LogP) is 15.5. The Bertz CT molecular complexity index is 3580. The molecule has 0 saturated heterocycles. The fraction of sp³-hybridized carbons (Fsp3) is 0. The van der Waals surface area contributed by atoms with Crippen LogP contribution >= 0.6 is 0 Å². The number of nitrogens with zero attached hydrogens (tertiary/aromatic N) is 4. The Labute approximate surface area is 370 Å². The van der Waals surface area contributed by atoms with Crippen LogP contribution in [0.15, 0.2) is 231 Å². The Morgan fingerprint density at radius 2 is 0.609 bits per heavy atom. The molecule has 0 aliphatic rings. The van der Waals surface area contributed by atoms with Gasteiger partial charge in [-0.05, 0) is 156 Å². The topological polar surface area (TPSA) is 51.6 Å². The highest BCUT2D eigenvalue weighted by Gasteiger charge is 2.16. The van der Waals surface area contributed by atoms with E-state index in [1.165, 1.54) is 43.1 Å². The van der Waals surface area contributed by atoms with Gasteiger partial charge in [-0.1, -0.05) is 127 Å². The van der Waals surface area contributed by atoms with Crippen molar-refractivity contribution in [2.45, 2.75) is 0 Å². The normalized spacial score (nSPS) is 11.4. The standard InChI is InChI=1S/C60H38N4/c1-3-12-43-31-52-33-49(24-22-46(52)28-41(43)10-1)58-38-59(50-25-23-47-29-42-11-2-4-13-44(42)32-53(47)34-50)64-60(63-58)55-36-51(39-18-20-40(21-19-39)56-16-5-7-26-61-56)35-54(37-55)45-14-9-15-48(30-45)57-17-6-8-27-62-57/h1-38H. The van der Waals surface area contributed by atoms with Crippen LogP contribution in [-0.2, 0) is 0 Å². The lowest BCUT2D eigenvalue weighted by atomic mass is 9.93. The van der Waals surface area contributed by atoms with Gasteiger partial charge in [0.2, 0.25) is 0 Å². The van der Waals surface area contributed by atoms with Crippen molar-refractivity contribution in [1.82, 2.24) is 19.9 Å². The van der Waals surface area contributed by atoms with Crippen LogP contribution in [0.25, 0.3) is 122 Å². The van der Waals surface area contributed by atoms with Gasteiger partial charge in [0.25, 0.3) is 0 Å². The van der Waals surface area contributed by atoms with E-state index in [9.17, 15) is 0 Å². The summed E-state index contributed by atoms with van der Waals surface area (Å²) in [5, 5.41) is 9.60. The number of fused-ring (bicyclic) bond motifs is 4. The SMILES string of the molecule is c1ccc(-c2ccc(-c3cc(-c4cccc(-c5ccccn5)c4)cc(-c4nc(-c5ccc6cc7ccccc7cc6c5)cc(-c5ccc6cc7ccccc7cc6c5)n4)c3)cc2)nc1. The van der Waals surface area contributed by atoms with Crippen molar-refractivity contribution in [2.75, 3.05) is 0 Å². The van der Waals surface area contributed by atoms with Gasteiger partial charge in [0.05, 0.1) is 22.8 Å². The van der Waals surface area contributed by atoms with Gasteiger partial charge in [-0.3, -0.25) is 9.97 Å². The van der Waals surface area contributed by atoms with E-state index >= 15 is 0 Å². The summed E-state index contributed by atoms with van der Waals surface area (Å²) in [5.74, 6) is 0.652. The molecular weight excluding hydrogens is 777 g/mol. The van der Waals surface area contributed by atoms with Crippen molar-refractivity contribution in [1.29, 1.82) is 0 Å². The van der Waals surface area contributed by atoms with E-state index in [0.29, 0.717) is 5.82 Å². The van der Waals surface area contributed by atoms with Crippen molar-refractivity contribution in [3.8, 4) is 78.7 Å². The summed E-state index contributed by atoms with van der Waals surface area (Å²) in [6, 6.07) is 77.6. The molecule has 0 radical (unpaired) electrons. The van der Waals surface area contributed by atoms with Crippen LogP contribution in [-0.4, -0.2) is 19.9 Å². The molecule has 298 valence electrons. The highest BCUT2D eigenvalue weighted by Crippen LogP contribution is 2.37. The molecule has 64 heavy (non-hydrogen) atoms. The number of benzene rings is 9. The fourth-order valence-electron chi connectivity index (χ4n) is 8.92. The van der Waals surface area contributed by atoms with E-state index < -0.39 is 0 Å². The average Bonchev–Trinajstić information content (AvgIpc) is 3.37. The first-order chi connectivity index (χ1) is 31.6. The summed E-state index contributed by atoms with van der Waals surface area (Å²) in [4.78, 5) is 20.1. The molecule has 0 spiro atoms.